The van der Waals surface area contributed by atoms with Gasteiger partial charge >= 0.3 is 0 Å². The van der Waals surface area contributed by atoms with E-state index in [9.17, 15) is 5.26 Å². The lowest BCUT2D eigenvalue weighted by Gasteiger charge is -2.24. The molecule has 0 amide bonds. The lowest BCUT2D eigenvalue weighted by Crippen LogP contribution is -2.27. The van der Waals surface area contributed by atoms with Gasteiger partial charge in [0.1, 0.15) is 13.2 Å². The molecule has 0 aliphatic carbocycles. The van der Waals surface area contributed by atoms with Gasteiger partial charge in [0.2, 0.25) is 0 Å². The van der Waals surface area contributed by atoms with Crippen LogP contribution < -0.4 is 9.47 Å². The van der Waals surface area contributed by atoms with Crippen LogP contribution in [0, 0.1) is 11.3 Å². The number of nitrogens with zero attached hydrogens (tertiary/aromatic N) is 1. The second-order valence-electron chi connectivity index (χ2n) is 5.27. The fourth-order valence-electron chi connectivity index (χ4n) is 1.80. The first-order valence-electron chi connectivity index (χ1n) is 6.07. The predicted molar refractivity (Wildman–Crippen MR) is 77.9 cm³/mol. The second-order valence-corrected chi connectivity index (χ2v) is 10.6. The molecule has 0 bridgehead atoms. The molecule has 0 saturated heterocycles. The topological polar surface area (TPSA) is 51.5 Å². The molecule has 2 rings (SSSR count). The van der Waals surface area contributed by atoms with Crippen molar-refractivity contribution >= 4 is 24.2 Å². The molecule has 102 valence electrons. The number of hydrogen-bond acceptors (Lipinski definition) is 4. The van der Waals surface area contributed by atoms with Crippen molar-refractivity contribution in [2.45, 2.75) is 25.7 Å². The highest BCUT2D eigenvalue weighted by Gasteiger charge is 2.25. The maximum absolute atomic E-state index is 9.30. The Balaban J connectivity index is 2.34. The van der Waals surface area contributed by atoms with Crippen LogP contribution in [0.4, 0.5) is 0 Å². The van der Waals surface area contributed by atoms with Gasteiger partial charge in [-0.15, -0.1) is 0 Å². The third-order valence-corrected chi connectivity index (χ3v) is 4.04. The summed E-state index contributed by atoms with van der Waals surface area (Å²) < 4.78 is 17.8. The highest BCUT2D eigenvalue weighted by Crippen LogP contribution is 2.40. The summed E-state index contributed by atoms with van der Waals surface area (Å²) in [6.07, 6.45) is -0.571. The summed E-state index contributed by atoms with van der Waals surface area (Å²) in [5.74, 6) is 1.36. The number of benzene rings is 1. The van der Waals surface area contributed by atoms with Crippen LogP contribution in [-0.2, 0) is 4.43 Å². The summed E-state index contributed by atoms with van der Waals surface area (Å²) in [7, 11) is -1.79. The molecule has 1 aromatic rings. The van der Waals surface area contributed by atoms with Crippen molar-refractivity contribution < 1.29 is 13.9 Å². The Morgan fingerprint density at radius 2 is 2.00 bits per heavy atom. The molecule has 1 aliphatic heterocycles. The Hall–Kier alpha value is -1.03. The average molecular weight is 342 g/mol. The molecule has 0 radical (unpaired) electrons. The van der Waals surface area contributed by atoms with Gasteiger partial charge in [-0.3, -0.25) is 0 Å². The van der Waals surface area contributed by atoms with E-state index in [0.717, 1.165) is 10.0 Å². The first-order valence-corrected chi connectivity index (χ1v) is 10.3. The zero-order chi connectivity index (χ0) is 14.0. The lowest BCUT2D eigenvalue weighted by molar-refractivity contribution is 0.169. The van der Waals surface area contributed by atoms with E-state index in [-0.39, 0.29) is 0 Å². The van der Waals surface area contributed by atoms with E-state index in [1.165, 1.54) is 0 Å². The molecule has 4 nitrogen and oxygen atoms in total. The van der Waals surface area contributed by atoms with Crippen LogP contribution in [0.25, 0.3) is 0 Å². The van der Waals surface area contributed by atoms with Crippen LogP contribution >= 0.6 is 15.9 Å². The van der Waals surface area contributed by atoms with Crippen LogP contribution in [0.5, 0.6) is 11.5 Å². The number of nitriles is 1. The molecular formula is C13H16BrNO3Si. The summed E-state index contributed by atoms with van der Waals surface area (Å²) >= 11 is 3.45. The minimum absolute atomic E-state index is 0.523. The molecule has 0 aromatic heterocycles. The van der Waals surface area contributed by atoms with Crippen molar-refractivity contribution in [2.24, 2.45) is 0 Å². The summed E-state index contributed by atoms with van der Waals surface area (Å²) in [5, 5.41) is 9.30. The Labute approximate surface area is 122 Å². The molecular weight excluding hydrogens is 326 g/mol. The maximum atomic E-state index is 9.30. The average Bonchev–Trinajstić information content (AvgIpc) is 2.35. The largest absolute Gasteiger partial charge is 0.486 e. The predicted octanol–water partition coefficient (Wildman–Crippen LogP) is 3.64. The Morgan fingerprint density at radius 1 is 1.32 bits per heavy atom. The van der Waals surface area contributed by atoms with E-state index in [4.69, 9.17) is 13.9 Å². The van der Waals surface area contributed by atoms with Crippen LogP contribution in [0.2, 0.25) is 19.6 Å². The van der Waals surface area contributed by atoms with Gasteiger partial charge in [-0.05, 0) is 53.3 Å². The summed E-state index contributed by atoms with van der Waals surface area (Å²) in [6.45, 7) is 7.24. The number of ether oxygens (including phenoxy) is 2. The van der Waals surface area contributed by atoms with Gasteiger partial charge in [-0.1, -0.05) is 0 Å². The quantitative estimate of drug-likeness (QED) is 0.787. The van der Waals surface area contributed by atoms with Crippen molar-refractivity contribution in [1.82, 2.24) is 0 Å². The fraction of sp³-hybridized carbons (Fsp3) is 0.462. The smallest absolute Gasteiger partial charge is 0.186 e. The lowest BCUT2D eigenvalue weighted by atomic mass is 10.1. The van der Waals surface area contributed by atoms with Gasteiger partial charge in [0.25, 0.3) is 0 Å². The molecule has 0 fully saturated rings. The van der Waals surface area contributed by atoms with E-state index in [2.05, 4.69) is 41.6 Å². The Bertz CT molecular complexity index is 522. The van der Waals surface area contributed by atoms with E-state index in [1.54, 1.807) is 0 Å². The van der Waals surface area contributed by atoms with Crippen molar-refractivity contribution in [3.63, 3.8) is 0 Å². The number of hydrogen-bond donors (Lipinski definition) is 0. The van der Waals surface area contributed by atoms with Gasteiger partial charge < -0.3 is 13.9 Å². The van der Waals surface area contributed by atoms with Crippen LogP contribution in [0.15, 0.2) is 16.6 Å². The number of rotatable bonds is 3. The molecule has 6 heteroatoms. The number of fused-ring (bicyclic) bond motifs is 1. The first-order chi connectivity index (χ1) is 8.90. The highest BCUT2D eigenvalue weighted by atomic mass is 79.9. The maximum Gasteiger partial charge on any atom is 0.186 e. The first kappa shape index (κ1) is 14.4. The molecule has 1 aromatic carbocycles. The third-order valence-electron chi connectivity index (χ3n) is 2.51. The molecule has 1 heterocycles. The minimum atomic E-state index is -1.79. The molecule has 1 unspecified atom stereocenters. The SMILES string of the molecule is C[Si](C)(C)OC(C#N)c1cc(Br)c2c(c1)OCCO2. The monoisotopic (exact) mass is 341 g/mol. The highest BCUT2D eigenvalue weighted by molar-refractivity contribution is 9.10. The summed E-state index contributed by atoms with van der Waals surface area (Å²) in [6, 6.07) is 5.89. The van der Waals surface area contributed by atoms with Crippen molar-refractivity contribution in [3.05, 3.63) is 22.2 Å². The Morgan fingerprint density at radius 3 is 2.63 bits per heavy atom. The van der Waals surface area contributed by atoms with Gasteiger partial charge in [0.05, 0.1) is 10.5 Å². The van der Waals surface area contributed by atoms with Gasteiger partial charge in [0.15, 0.2) is 25.9 Å². The van der Waals surface area contributed by atoms with Crippen molar-refractivity contribution in [2.75, 3.05) is 13.2 Å². The molecule has 19 heavy (non-hydrogen) atoms. The van der Waals surface area contributed by atoms with E-state index >= 15 is 0 Å². The molecule has 1 atom stereocenters. The normalized spacial score (nSPS) is 15.7. The Kier molecular flexibility index (Phi) is 4.18. The minimum Gasteiger partial charge on any atom is -0.486 e. The molecule has 0 saturated carbocycles. The van der Waals surface area contributed by atoms with Crippen LogP contribution in [-0.4, -0.2) is 21.5 Å². The van der Waals surface area contributed by atoms with Gasteiger partial charge in [-0.25, -0.2) is 0 Å². The van der Waals surface area contributed by atoms with E-state index in [1.807, 2.05) is 12.1 Å². The van der Waals surface area contributed by atoms with Crippen molar-refractivity contribution in [1.29, 1.82) is 5.26 Å². The van der Waals surface area contributed by atoms with Crippen molar-refractivity contribution in [3.8, 4) is 17.6 Å². The molecule has 0 N–H and O–H groups in total. The van der Waals surface area contributed by atoms with E-state index < -0.39 is 14.4 Å². The second kappa shape index (κ2) is 5.53. The van der Waals surface area contributed by atoms with Gasteiger partial charge in [0, 0.05) is 0 Å². The summed E-state index contributed by atoms with van der Waals surface area (Å²) in [4.78, 5) is 0. The third kappa shape index (κ3) is 3.50. The fourth-order valence-corrected chi connectivity index (χ4v) is 3.27. The van der Waals surface area contributed by atoms with Gasteiger partial charge in [-0.2, -0.15) is 5.26 Å². The zero-order valence-corrected chi connectivity index (χ0v) is 13.8. The number of halogens is 1. The van der Waals surface area contributed by atoms with Crippen LogP contribution in [0.1, 0.15) is 11.7 Å². The molecule has 0 spiro atoms. The van der Waals surface area contributed by atoms with E-state index in [0.29, 0.717) is 24.7 Å². The molecule has 1 aliphatic rings. The van der Waals surface area contributed by atoms with Crippen LogP contribution in [0.3, 0.4) is 0 Å². The summed E-state index contributed by atoms with van der Waals surface area (Å²) in [5.41, 5.74) is 0.793. The standard InChI is InChI=1S/C13H16BrNO3Si/c1-19(2,3)18-12(8-15)9-6-10(14)13-11(7-9)16-4-5-17-13/h6-7,12H,4-5H2,1-3H3. The zero-order valence-electron chi connectivity index (χ0n) is 11.2.